The number of rotatable bonds is 7. The van der Waals surface area contributed by atoms with Crippen LogP contribution < -0.4 is 5.32 Å². The lowest BCUT2D eigenvalue weighted by molar-refractivity contribution is 0.302. The summed E-state index contributed by atoms with van der Waals surface area (Å²) < 4.78 is 0. The molecule has 1 aromatic rings. The average Bonchev–Trinajstić information content (AvgIpc) is 3.29. The van der Waals surface area contributed by atoms with E-state index < -0.39 is 0 Å². The molecule has 0 heterocycles. The van der Waals surface area contributed by atoms with E-state index in [9.17, 15) is 0 Å². The van der Waals surface area contributed by atoms with Crippen molar-refractivity contribution in [3.05, 3.63) is 34.9 Å². The van der Waals surface area contributed by atoms with E-state index in [4.69, 9.17) is 0 Å². The highest BCUT2D eigenvalue weighted by Crippen LogP contribution is 2.29. The van der Waals surface area contributed by atoms with Crippen molar-refractivity contribution in [2.24, 2.45) is 5.41 Å². The molecule has 116 valence electrons. The molecule has 0 unspecified atom stereocenters. The molecule has 0 aromatic heterocycles. The molecule has 1 saturated carbocycles. The van der Waals surface area contributed by atoms with Gasteiger partial charge >= 0.3 is 0 Å². The molecule has 21 heavy (non-hydrogen) atoms. The van der Waals surface area contributed by atoms with Crippen LogP contribution in [0.15, 0.2) is 18.2 Å². The van der Waals surface area contributed by atoms with Crippen molar-refractivity contribution in [2.75, 3.05) is 6.54 Å². The van der Waals surface area contributed by atoms with Crippen LogP contribution in [-0.2, 0) is 19.3 Å². The summed E-state index contributed by atoms with van der Waals surface area (Å²) in [6.45, 7) is 6.06. The summed E-state index contributed by atoms with van der Waals surface area (Å²) in [5.41, 5.74) is 5.25. The molecule has 0 spiro atoms. The minimum atomic E-state index is 0.456. The number of benzene rings is 1. The molecule has 0 atom stereocenters. The predicted molar refractivity (Wildman–Crippen MR) is 90.8 cm³/mol. The Labute approximate surface area is 130 Å². The van der Waals surface area contributed by atoms with Gasteiger partial charge in [0.25, 0.3) is 0 Å². The van der Waals surface area contributed by atoms with Crippen molar-refractivity contribution < 1.29 is 0 Å². The zero-order chi connectivity index (χ0) is 14.7. The monoisotopic (exact) mass is 285 g/mol. The van der Waals surface area contributed by atoms with Crippen LogP contribution in [0.4, 0.5) is 0 Å². The highest BCUT2D eigenvalue weighted by atomic mass is 14.9. The maximum atomic E-state index is 3.65. The first-order valence-corrected chi connectivity index (χ1v) is 8.96. The summed E-state index contributed by atoms with van der Waals surface area (Å²) in [7, 11) is 0. The Hall–Kier alpha value is -0.820. The van der Waals surface area contributed by atoms with E-state index in [1.807, 2.05) is 0 Å². The summed E-state index contributed by atoms with van der Waals surface area (Å²) in [5, 5.41) is 3.65. The van der Waals surface area contributed by atoms with Gasteiger partial charge < -0.3 is 5.32 Å². The van der Waals surface area contributed by atoms with Crippen LogP contribution in [0.2, 0.25) is 0 Å². The molecular formula is C20H31N. The largest absolute Gasteiger partial charge is 0.314 e. The maximum absolute atomic E-state index is 3.65. The van der Waals surface area contributed by atoms with Gasteiger partial charge in [0.1, 0.15) is 0 Å². The van der Waals surface area contributed by atoms with Crippen LogP contribution in [0.25, 0.3) is 0 Å². The normalized spacial score (nSPS) is 18.6. The van der Waals surface area contributed by atoms with Gasteiger partial charge in [-0.15, -0.1) is 0 Å². The third-order valence-corrected chi connectivity index (χ3v) is 5.32. The number of hydrogen-bond acceptors (Lipinski definition) is 1. The molecule has 3 rings (SSSR count). The molecular weight excluding hydrogens is 254 g/mol. The second kappa shape index (κ2) is 6.52. The Morgan fingerprint density at radius 3 is 2.57 bits per heavy atom. The highest BCUT2D eigenvalue weighted by Gasteiger charge is 2.22. The van der Waals surface area contributed by atoms with Crippen molar-refractivity contribution in [1.82, 2.24) is 5.32 Å². The van der Waals surface area contributed by atoms with Crippen LogP contribution in [0.5, 0.6) is 0 Å². The van der Waals surface area contributed by atoms with E-state index in [-0.39, 0.29) is 0 Å². The van der Waals surface area contributed by atoms with Crippen LogP contribution in [0.3, 0.4) is 0 Å². The molecule has 1 fully saturated rings. The van der Waals surface area contributed by atoms with E-state index in [0.717, 1.165) is 6.04 Å². The molecule has 0 amide bonds. The van der Waals surface area contributed by atoms with Gasteiger partial charge in [-0.25, -0.2) is 0 Å². The molecule has 1 nitrogen and oxygen atoms in total. The summed E-state index contributed by atoms with van der Waals surface area (Å²) in [4.78, 5) is 0. The summed E-state index contributed by atoms with van der Waals surface area (Å²) in [5.74, 6) is 0. The number of nitrogens with one attached hydrogen (secondary N) is 1. The zero-order valence-electron chi connectivity index (χ0n) is 13.9. The Bertz CT molecular complexity index is 471. The van der Waals surface area contributed by atoms with Gasteiger partial charge in [0, 0.05) is 6.04 Å². The average molecular weight is 285 g/mol. The molecule has 1 heteroatoms. The summed E-state index contributed by atoms with van der Waals surface area (Å²) in [6.07, 6.45) is 12.0. The third kappa shape index (κ3) is 4.57. The second-order valence-corrected chi connectivity index (χ2v) is 7.95. The Kier molecular flexibility index (Phi) is 4.69. The van der Waals surface area contributed by atoms with Crippen LogP contribution in [-0.4, -0.2) is 12.6 Å². The quantitative estimate of drug-likeness (QED) is 0.768. The predicted octanol–water partition coefficient (Wildman–Crippen LogP) is 4.67. The van der Waals surface area contributed by atoms with Crippen molar-refractivity contribution >= 4 is 0 Å². The lowest BCUT2D eigenvalue weighted by Gasteiger charge is -2.25. The molecule has 0 radical (unpaired) electrons. The molecule has 1 aromatic carbocycles. The van der Waals surface area contributed by atoms with E-state index in [0.29, 0.717) is 5.41 Å². The van der Waals surface area contributed by atoms with Crippen molar-refractivity contribution in [1.29, 1.82) is 0 Å². The van der Waals surface area contributed by atoms with Crippen LogP contribution >= 0.6 is 0 Å². The number of fused-ring (bicyclic) bond motifs is 1. The number of hydrogen-bond donors (Lipinski definition) is 1. The molecule has 0 aliphatic heterocycles. The van der Waals surface area contributed by atoms with Crippen LogP contribution in [0.1, 0.15) is 69.1 Å². The van der Waals surface area contributed by atoms with E-state index in [1.54, 1.807) is 16.7 Å². The van der Waals surface area contributed by atoms with E-state index in [1.165, 1.54) is 64.3 Å². The first-order chi connectivity index (χ1) is 10.1. The SMILES string of the molecule is CC(C)(CCNC1CC1)CCc1ccc2c(c1)CCCC2. The smallest absolute Gasteiger partial charge is 0.00682 e. The van der Waals surface area contributed by atoms with Crippen molar-refractivity contribution in [2.45, 2.75) is 77.7 Å². The van der Waals surface area contributed by atoms with Gasteiger partial charge in [0.15, 0.2) is 0 Å². The topological polar surface area (TPSA) is 12.0 Å². The van der Waals surface area contributed by atoms with E-state index >= 15 is 0 Å². The van der Waals surface area contributed by atoms with Crippen LogP contribution in [0, 0.1) is 5.41 Å². The fraction of sp³-hybridized carbons (Fsp3) is 0.700. The molecule has 1 N–H and O–H groups in total. The van der Waals surface area contributed by atoms with Gasteiger partial charge in [-0.2, -0.15) is 0 Å². The second-order valence-electron chi connectivity index (χ2n) is 7.95. The maximum Gasteiger partial charge on any atom is 0.00682 e. The van der Waals surface area contributed by atoms with Gasteiger partial charge in [0.2, 0.25) is 0 Å². The molecule has 2 aliphatic rings. The summed E-state index contributed by atoms with van der Waals surface area (Å²) >= 11 is 0. The zero-order valence-corrected chi connectivity index (χ0v) is 13.9. The Morgan fingerprint density at radius 2 is 1.81 bits per heavy atom. The molecule has 2 aliphatic carbocycles. The molecule has 0 saturated heterocycles. The first-order valence-electron chi connectivity index (χ1n) is 8.96. The Morgan fingerprint density at radius 1 is 1.05 bits per heavy atom. The number of aryl methyl sites for hydroxylation is 3. The van der Waals surface area contributed by atoms with Gasteiger partial charge in [-0.05, 0) is 86.4 Å². The lowest BCUT2D eigenvalue weighted by Crippen LogP contribution is -2.24. The van der Waals surface area contributed by atoms with Gasteiger partial charge in [-0.1, -0.05) is 32.0 Å². The first kappa shape index (κ1) is 15.1. The third-order valence-electron chi connectivity index (χ3n) is 5.32. The van der Waals surface area contributed by atoms with Gasteiger partial charge in [-0.3, -0.25) is 0 Å². The fourth-order valence-corrected chi connectivity index (χ4v) is 3.45. The van der Waals surface area contributed by atoms with Crippen molar-refractivity contribution in [3.63, 3.8) is 0 Å². The summed E-state index contributed by atoms with van der Waals surface area (Å²) in [6, 6.07) is 8.11. The standard InChI is InChI=1S/C20H31N/c1-20(2,13-14-21-19-9-10-19)12-11-16-7-8-17-5-3-4-6-18(17)15-16/h7-8,15,19,21H,3-6,9-14H2,1-2H3. The lowest BCUT2D eigenvalue weighted by atomic mass is 9.82. The van der Waals surface area contributed by atoms with E-state index in [2.05, 4.69) is 37.4 Å². The Balaban J connectivity index is 1.48. The van der Waals surface area contributed by atoms with Gasteiger partial charge in [0.05, 0.1) is 0 Å². The molecule has 0 bridgehead atoms. The minimum absolute atomic E-state index is 0.456. The van der Waals surface area contributed by atoms with Crippen molar-refractivity contribution in [3.8, 4) is 0 Å². The fourth-order valence-electron chi connectivity index (χ4n) is 3.45. The highest BCUT2D eigenvalue weighted by molar-refractivity contribution is 5.33. The minimum Gasteiger partial charge on any atom is -0.314 e.